The monoisotopic (exact) mass is 340 g/mol. The minimum absolute atomic E-state index is 0.0620. The second kappa shape index (κ2) is 7.90. The van der Waals surface area contributed by atoms with Crippen LogP contribution in [0.15, 0.2) is 29.2 Å². The largest absolute Gasteiger partial charge is 0.379 e. The van der Waals surface area contributed by atoms with Gasteiger partial charge in [-0.2, -0.15) is 4.31 Å². The summed E-state index contributed by atoms with van der Waals surface area (Å²) in [6, 6.07) is 6.27. The molecule has 128 valence electrons. The second-order valence-electron chi connectivity index (χ2n) is 5.71. The number of carbonyl (C=O) groups is 1. The van der Waals surface area contributed by atoms with Gasteiger partial charge in [0.05, 0.1) is 18.1 Å². The first-order chi connectivity index (χ1) is 10.9. The summed E-state index contributed by atoms with van der Waals surface area (Å²) < 4.78 is 31.8. The average Bonchev–Trinajstić information content (AvgIpc) is 2.56. The number of morpholine rings is 1. The van der Waals surface area contributed by atoms with Crippen LogP contribution >= 0.6 is 0 Å². The van der Waals surface area contributed by atoms with E-state index in [1.807, 2.05) is 6.92 Å². The fourth-order valence-electron chi connectivity index (χ4n) is 2.55. The Morgan fingerprint density at radius 2 is 2.04 bits per heavy atom. The highest BCUT2D eigenvalue weighted by Gasteiger charge is 2.26. The Morgan fingerprint density at radius 1 is 1.35 bits per heavy atom. The van der Waals surface area contributed by atoms with Crippen molar-refractivity contribution in [3.05, 3.63) is 29.8 Å². The Balaban J connectivity index is 2.17. The lowest BCUT2D eigenvalue weighted by atomic mass is 10.1. The molecule has 0 aliphatic carbocycles. The molecule has 6 nitrogen and oxygen atoms in total. The standard InChI is InChI=1S/C16H24N2O4S/c1-3-5-13(2)17-16(19)14-6-4-7-15(12-14)23(20,21)18-8-10-22-11-9-18/h4,6-7,12-13H,3,5,8-11H2,1-2H3,(H,17,19). The van der Waals surface area contributed by atoms with E-state index in [-0.39, 0.29) is 16.8 Å². The van der Waals surface area contributed by atoms with Gasteiger partial charge in [-0.15, -0.1) is 0 Å². The predicted octanol–water partition coefficient (Wildman–Crippen LogP) is 1.63. The Morgan fingerprint density at radius 3 is 2.70 bits per heavy atom. The number of nitrogens with one attached hydrogen (secondary N) is 1. The molecule has 0 bridgehead atoms. The number of hydrogen-bond acceptors (Lipinski definition) is 4. The maximum Gasteiger partial charge on any atom is 0.251 e. The lowest BCUT2D eigenvalue weighted by Crippen LogP contribution is -2.40. The van der Waals surface area contributed by atoms with E-state index in [0.717, 1.165) is 12.8 Å². The second-order valence-corrected chi connectivity index (χ2v) is 7.65. The molecule has 7 heteroatoms. The van der Waals surface area contributed by atoms with Gasteiger partial charge in [0.1, 0.15) is 0 Å². The molecule has 1 aliphatic heterocycles. The van der Waals surface area contributed by atoms with Gasteiger partial charge >= 0.3 is 0 Å². The molecular weight excluding hydrogens is 316 g/mol. The van der Waals surface area contributed by atoms with Gasteiger partial charge in [0, 0.05) is 24.7 Å². The molecule has 1 fully saturated rings. The van der Waals surface area contributed by atoms with Crippen LogP contribution < -0.4 is 5.32 Å². The SMILES string of the molecule is CCCC(C)NC(=O)c1cccc(S(=O)(=O)N2CCOCC2)c1. The first kappa shape index (κ1) is 17.9. The zero-order valence-electron chi connectivity index (χ0n) is 13.6. The van der Waals surface area contributed by atoms with Crippen LogP contribution in [0.1, 0.15) is 37.0 Å². The molecule has 1 heterocycles. The zero-order chi connectivity index (χ0) is 16.9. The lowest BCUT2D eigenvalue weighted by Gasteiger charge is -2.26. The maximum atomic E-state index is 12.6. The summed E-state index contributed by atoms with van der Waals surface area (Å²) in [4.78, 5) is 12.4. The quantitative estimate of drug-likeness (QED) is 0.854. The van der Waals surface area contributed by atoms with Crippen molar-refractivity contribution in [1.82, 2.24) is 9.62 Å². The highest BCUT2D eigenvalue weighted by molar-refractivity contribution is 7.89. The van der Waals surface area contributed by atoms with Crippen LogP contribution in [0.4, 0.5) is 0 Å². The molecule has 0 aromatic heterocycles. The van der Waals surface area contributed by atoms with Gasteiger partial charge in [-0.3, -0.25) is 4.79 Å². The number of ether oxygens (including phenoxy) is 1. The molecule has 1 N–H and O–H groups in total. The fraction of sp³-hybridized carbons (Fsp3) is 0.562. The maximum absolute atomic E-state index is 12.6. The molecule has 1 aromatic rings. The summed E-state index contributed by atoms with van der Waals surface area (Å²) in [6.45, 7) is 5.47. The number of rotatable bonds is 6. The van der Waals surface area contributed by atoms with Crippen LogP contribution in [0.3, 0.4) is 0 Å². The van der Waals surface area contributed by atoms with Crippen molar-refractivity contribution in [2.75, 3.05) is 26.3 Å². The number of hydrogen-bond donors (Lipinski definition) is 1. The molecule has 0 saturated carbocycles. The van der Waals surface area contributed by atoms with Crippen LogP contribution in [0.5, 0.6) is 0 Å². The van der Waals surface area contributed by atoms with Crippen LogP contribution in [0, 0.1) is 0 Å². The van der Waals surface area contributed by atoms with Crippen molar-refractivity contribution in [2.24, 2.45) is 0 Å². The van der Waals surface area contributed by atoms with E-state index in [9.17, 15) is 13.2 Å². The van der Waals surface area contributed by atoms with Crippen LogP contribution in [0.2, 0.25) is 0 Å². The van der Waals surface area contributed by atoms with Crippen LogP contribution in [0.25, 0.3) is 0 Å². The molecule has 1 amide bonds. The first-order valence-corrected chi connectivity index (χ1v) is 9.38. The predicted molar refractivity (Wildman–Crippen MR) is 87.9 cm³/mol. The molecule has 1 atom stereocenters. The number of amides is 1. The van der Waals surface area contributed by atoms with Gasteiger partial charge in [-0.25, -0.2) is 8.42 Å². The molecule has 2 rings (SSSR count). The first-order valence-electron chi connectivity index (χ1n) is 7.94. The van der Waals surface area contributed by atoms with E-state index < -0.39 is 10.0 Å². The highest BCUT2D eigenvalue weighted by Crippen LogP contribution is 2.18. The van der Waals surface area contributed by atoms with Gasteiger partial charge in [0.15, 0.2) is 0 Å². The zero-order valence-corrected chi connectivity index (χ0v) is 14.4. The Kier molecular flexibility index (Phi) is 6.15. The number of sulfonamides is 1. The van der Waals surface area contributed by atoms with E-state index in [4.69, 9.17) is 4.74 Å². The van der Waals surface area contributed by atoms with E-state index in [1.54, 1.807) is 12.1 Å². The smallest absolute Gasteiger partial charge is 0.251 e. The van der Waals surface area contributed by atoms with Gasteiger partial charge in [0.25, 0.3) is 5.91 Å². The Hall–Kier alpha value is -1.44. The molecule has 1 aliphatic rings. The molecule has 1 unspecified atom stereocenters. The van der Waals surface area contributed by atoms with Crippen molar-refractivity contribution >= 4 is 15.9 Å². The third kappa shape index (κ3) is 4.53. The Labute approximate surface area is 137 Å². The summed E-state index contributed by atoms with van der Waals surface area (Å²) in [5.74, 6) is -0.245. The third-order valence-corrected chi connectivity index (χ3v) is 5.70. The van der Waals surface area contributed by atoms with Gasteiger partial charge in [-0.05, 0) is 31.5 Å². The minimum Gasteiger partial charge on any atom is -0.379 e. The number of nitrogens with zero attached hydrogens (tertiary/aromatic N) is 1. The summed E-state index contributed by atoms with van der Waals surface area (Å²) in [5.41, 5.74) is 0.363. The summed E-state index contributed by atoms with van der Waals surface area (Å²) in [7, 11) is -3.58. The van der Waals surface area contributed by atoms with E-state index >= 15 is 0 Å². The normalized spacial score (nSPS) is 17.7. The highest BCUT2D eigenvalue weighted by atomic mass is 32.2. The van der Waals surface area contributed by atoms with Crippen LogP contribution in [-0.2, 0) is 14.8 Å². The molecule has 23 heavy (non-hydrogen) atoms. The minimum atomic E-state index is -3.58. The van der Waals surface area contributed by atoms with Crippen molar-refractivity contribution in [3.8, 4) is 0 Å². The van der Waals surface area contributed by atoms with Crippen molar-refractivity contribution in [3.63, 3.8) is 0 Å². The number of carbonyl (C=O) groups excluding carboxylic acids is 1. The summed E-state index contributed by atoms with van der Waals surface area (Å²) >= 11 is 0. The van der Waals surface area contributed by atoms with Gasteiger partial charge in [0.2, 0.25) is 10.0 Å². The third-order valence-electron chi connectivity index (χ3n) is 3.80. The molecule has 1 aromatic carbocycles. The Bertz CT molecular complexity index is 639. The van der Waals surface area contributed by atoms with Gasteiger partial charge in [-0.1, -0.05) is 19.4 Å². The van der Waals surface area contributed by atoms with E-state index in [2.05, 4.69) is 12.2 Å². The molecule has 0 radical (unpaired) electrons. The van der Waals surface area contributed by atoms with E-state index in [0.29, 0.717) is 31.9 Å². The van der Waals surface area contributed by atoms with E-state index in [1.165, 1.54) is 16.4 Å². The van der Waals surface area contributed by atoms with Gasteiger partial charge < -0.3 is 10.1 Å². The van der Waals surface area contributed by atoms with Crippen molar-refractivity contribution in [1.29, 1.82) is 0 Å². The number of benzene rings is 1. The lowest BCUT2D eigenvalue weighted by molar-refractivity contribution is 0.0730. The fourth-order valence-corrected chi connectivity index (χ4v) is 4.00. The van der Waals surface area contributed by atoms with Crippen LogP contribution in [-0.4, -0.2) is 51.0 Å². The van der Waals surface area contributed by atoms with Crippen molar-refractivity contribution in [2.45, 2.75) is 37.6 Å². The average molecular weight is 340 g/mol. The molecule has 0 spiro atoms. The van der Waals surface area contributed by atoms with Crippen molar-refractivity contribution < 1.29 is 17.9 Å². The topological polar surface area (TPSA) is 75.7 Å². The summed E-state index contributed by atoms with van der Waals surface area (Å²) in [6.07, 6.45) is 1.87. The molecule has 1 saturated heterocycles. The summed E-state index contributed by atoms with van der Waals surface area (Å²) in [5, 5.41) is 2.89. The molecular formula is C16H24N2O4S.